The van der Waals surface area contributed by atoms with E-state index in [4.69, 9.17) is 10.2 Å². The zero-order valence-electron chi connectivity index (χ0n) is 13.8. The van der Waals surface area contributed by atoms with Gasteiger partial charge in [-0.15, -0.1) is 0 Å². The predicted molar refractivity (Wildman–Crippen MR) is 86.7 cm³/mol. The van der Waals surface area contributed by atoms with E-state index in [2.05, 4.69) is 48.6 Å². The Morgan fingerprint density at radius 1 is 0.364 bits per heavy atom. The van der Waals surface area contributed by atoms with Crippen molar-refractivity contribution in [3.63, 3.8) is 0 Å². The standard InChI is InChI=1S/2C8H12.2CH3O.2Ir/c2*1-2-4-6-8-7-5-3-1;2*1-2;;/h2*1-2,7-8H,3-6H2;2*1H3;;/q;;2*+1;;/b2*2-1-,8-7-;;;;. The molecule has 0 heterocycles. The first kappa shape index (κ1) is 30.1. The summed E-state index contributed by atoms with van der Waals surface area (Å²) in [5.41, 5.74) is 0. The Balaban J connectivity index is -0.000000112. The Bertz CT molecular complexity index is 192. The number of allylic oxidation sites excluding steroid dienone is 8. The van der Waals surface area contributed by atoms with Crippen LogP contribution in [0.25, 0.3) is 0 Å². The van der Waals surface area contributed by atoms with Crippen molar-refractivity contribution >= 4 is 0 Å². The van der Waals surface area contributed by atoms with Gasteiger partial charge in [-0.05, 0) is 51.4 Å². The maximum Gasteiger partial charge on any atom is 0.328 e. The minimum atomic E-state index is 0. The molecule has 0 unspecified atom stereocenters. The molecule has 130 valence electrons. The summed E-state index contributed by atoms with van der Waals surface area (Å²) in [6.45, 7) is 0. The van der Waals surface area contributed by atoms with Crippen molar-refractivity contribution < 1.29 is 50.4 Å². The Kier molecular flexibility index (Phi) is 45.1. The maximum absolute atomic E-state index is 8.25. The minimum absolute atomic E-state index is 0. The van der Waals surface area contributed by atoms with Gasteiger partial charge in [0.15, 0.2) is 0 Å². The van der Waals surface area contributed by atoms with Gasteiger partial charge in [0.2, 0.25) is 0 Å². The van der Waals surface area contributed by atoms with Crippen LogP contribution in [-0.2, 0) is 50.4 Å². The van der Waals surface area contributed by atoms with E-state index < -0.39 is 0 Å². The molecule has 2 aliphatic rings. The number of hydrogen-bond donors (Lipinski definition) is 0. The summed E-state index contributed by atoms with van der Waals surface area (Å²) in [6, 6.07) is 0. The summed E-state index contributed by atoms with van der Waals surface area (Å²) in [4.78, 5) is 0. The van der Waals surface area contributed by atoms with Gasteiger partial charge in [-0.3, -0.25) is 0 Å². The second-order valence-electron chi connectivity index (χ2n) is 4.20. The molecule has 0 N–H and O–H groups in total. The molecule has 0 spiro atoms. The predicted octanol–water partition coefficient (Wildman–Crippen LogP) is 5.43. The molecular weight excluding hydrogens is 633 g/mol. The van der Waals surface area contributed by atoms with Crippen LogP contribution >= 0.6 is 0 Å². The molecule has 0 bridgehead atoms. The molecular formula is C18H30Ir2O2+2. The van der Waals surface area contributed by atoms with Gasteiger partial charge < -0.3 is 0 Å². The normalized spacial score (nSPS) is 20.9. The molecule has 2 nitrogen and oxygen atoms in total. The fourth-order valence-corrected chi connectivity index (χ4v) is 1.71. The maximum atomic E-state index is 8.25. The SMILES string of the molecule is C1=C\CC/C=C\CC/1.C1=C\CC/C=C\CC/1.C[O+].C[O+].[Ir].[Ir]. The molecule has 2 aliphatic carbocycles. The zero-order chi connectivity index (χ0) is 15.3. The van der Waals surface area contributed by atoms with Crippen LogP contribution in [0.2, 0.25) is 0 Å². The van der Waals surface area contributed by atoms with Crippen molar-refractivity contribution in [3.05, 3.63) is 48.6 Å². The van der Waals surface area contributed by atoms with Crippen LogP contribution in [0.3, 0.4) is 0 Å². The smallest absolute Gasteiger partial charge is 0.0882 e. The number of hydrogen-bond acceptors (Lipinski definition) is 0. The van der Waals surface area contributed by atoms with E-state index in [9.17, 15) is 0 Å². The summed E-state index contributed by atoms with van der Waals surface area (Å²) in [7, 11) is 1.50. The van der Waals surface area contributed by atoms with Crippen molar-refractivity contribution in [2.45, 2.75) is 51.4 Å². The molecule has 0 aromatic heterocycles. The van der Waals surface area contributed by atoms with Crippen molar-refractivity contribution in [1.29, 1.82) is 0 Å². The van der Waals surface area contributed by atoms with E-state index in [1.54, 1.807) is 0 Å². The molecule has 6 radical (unpaired) electrons. The van der Waals surface area contributed by atoms with Crippen LogP contribution in [0.5, 0.6) is 0 Å². The fraction of sp³-hybridized carbons (Fsp3) is 0.556. The van der Waals surface area contributed by atoms with Gasteiger partial charge in [-0.25, -0.2) is 0 Å². The second-order valence-corrected chi connectivity index (χ2v) is 4.20. The third-order valence-electron chi connectivity index (χ3n) is 2.67. The Hall–Kier alpha value is 0.179. The molecule has 22 heavy (non-hydrogen) atoms. The summed E-state index contributed by atoms with van der Waals surface area (Å²) in [5.74, 6) is 0. The van der Waals surface area contributed by atoms with E-state index in [0.717, 1.165) is 14.2 Å². The van der Waals surface area contributed by atoms with Crippen LogP contribution in [0.1, 0.15) is 51.4 Å². The summed E-state index contributed by atoms with van der Waals surface area (Å²) < 4.78 is 0. The molecule has 0 saturated heterocycles. The fourth-order valence-electron chi connectivity index (χ4n) is 1.71. The Morgan fingerprint density at radius 2 is 0.455 bits per heavy atom. The first-order chi connectivity index (χ1) is 10.0. The molecule has 0 aromatic rings. The molecule has 0 atom stereocenters. The van der Waals surface area contributed by atoms with Crippen molar-refractivity contribution in [2.24, 2.45) is 0 Å². The van der Waals surface area contributed by atoms with Crippen LogP contribution in [0.4, 0.5) is 0 Å². The molecule has 0 amide bonds. The average molecular weight is 663 g/mol. The number of rotatable bonds is 0. The molecule has 0 aliphatic heterocycles. The van der Waals surface area contributed by atoms with E-state index in [1.807, 2.05) is 0 Å². The van der Waals surface area contributed by atoms with Crippen LogP contribution < -0.4 is 0 Å². The minimum Gasteiger partial charge on any atom is -0.0882 e. The monoisotopic (exact) mass is 664 g/mol. The quantitative estimate of drug-likeness (QED) is 0.245. The topological polar surface area (TPSA) is 39.8 Å². The van der Waals surface area contributed by atoms with Gasteiger partial charge in [-0.2, -0.15) is 0 Å². The first-order valence-electron chi connectivity index (χ1n) is 7.42. The molecule has 0 fully saturated rings. The van der Waals surface area contributed by atoms with Gasteiger partial charge >= 0.3 is 14.2 Å². The van der Waals surface area contributed by atoms with Gasteiger partial charge in [0.1, 0.15) is 0 Å². The third-order valence-corrected chi connectivity index (χ3v) is 2.67. The first-order valence-corrected chi connectivity index (χ1v) is 7.42. The van der Waals surface area contributed by atoms with Gasteiger partial charge in [0.05, 0.1) is 0 Å². The molecule has 2 rings (SSSR count). The second kappa shape index (κ2) is 32.9. The van der Waals surface area contributed by atoms with Crippen LogP contribution in [0.15, 0.2) is 48.6 Å². The average Bonchev–Trinajstić information content (AvgIpc) is 2.42. The van der Waals surface area contributed by atoms with Crippen molar-refractivity contribution in [1.82, 2.24) is 0 Å². The van der Waals surface area contributed by atoms with Gasteiger partial charge in [-0.1, -0.05) is 48.6 Å². The molecule has 0 saturated carbocycles. The molecule has 4 heteroatoms. The zero-order valence-corrected chi connectivity index (χ0v) is 18.5. The van der Waals surface area contributed by atoms with Crippen LogP contribution in [-0.4, -0.2) is 14.2 Å². The Morgan fingerprint density at radius 3 is 0.545 bits per heavy atom. The van der Waals surface area contributed by atoms with Crippen molar-refractivity contribution in [2.75, 3.05) is 14.2 Å². The van der Waals surface area contributed by atoms with Crippen LogP contribution in [0, 0.1) is 0 Å². The van der Waals surface area contributed by atoms with E-state index in [0.29, 0.717) is 0 Å². The van der Waals surface area contributed by atoms with E-state index >= 15 is 0 Å². The largest absolute Gasteiger partial charge is 0.328 e. The summed E-state index contributed by atoms with van der Waals surface area (Å²) >= 11 is 0. The van der Waals surface area contributed by atoms with Crippen molar-refractivity contribution in [3.8, 4) is 0 Å². The van der Waals surface area contributed by atoms with Gasteiger partial charge in [0.25, 0.3) is 10.2 Å². The summed E-state index contributed by atoms with van der Waals surface area (Å²) in [6.07, 6.45) is 28.0. The van der Waals surface area contributed by atoms with Gasteiger partial charge in [0, 0.05) is 40.2 Å². The molecule has 0 aromatic carbocycles. The third kappa shape index (κ3) is 28.4. The summed E-state index contributed by atoms with van der Waals surface area (Å²) in [5, 5.41) is 16.5. The van der Waals surface area contributed by atoms with E-state index in [-0.39, 0.29) is 40.2 Å². The Labute approximate surface area is 164 Å². The van der Waals surface area contributed by atoms with E-state index in [1.165, 1.54) is 51.4 Å².